The summed E-state index contributed by atoms with van der Waals surface area (Å²) in [6.45, 7) is 1.54. The molecule has 4 nitrogen and oxygen atoms in total. The Hall–Kier alpha value is -2.11. The number of carbonyl (C=O) groups excluding carboxylic acids is 3. The second-order valence-electron chi connectivity index (χ2n) is 4.15. The van der Waals surface area contributed by atoms with Gasteiger partial charge in [-0.3, -0.25) is 14.4 Å². The van der Waals surface area contributed by atoms with Gasteiger partial charge in [-0.2, -0.15) is 0 Å². The van der Waals surface area contributed by atoms with Crippen molar-refractivity contribution in [2.75, 3.05) is 6.61 Å². The molecule has 0 spiro atoms. The van der Waals surface area contributed by atoms with Crippen LogP contribution in [0.4, 0.5) is 8.78 Å². The van der Waals surface area contributed by atoms with Gasteiger partial charge in [-0.1, -0.05) is 24.3 Å². The van der Waals surface area contributed by atoms with Crippen molar-refractivity contribution in [3.8, 4) is 0 Å². The molecule has 0 saturated heterocycles. The van der Waals surface area contributed by atoms with Gasteiger partial charge in [0.25, 0.3) is 6.43 Å². The highest BCUT2D eigenvalue weighted by Crippen LogP contribution is 2.10. The average Bonchev–Trinajstić information content (AvgIpc) is 2.38. The first kappa shape index (κ1) is 15.9. The number of ether oxygens (including phenoxy) is 1. The molecule has 1 rings (SSSR count). The molecule has 0 aliphatic rings. The third-order valence-electron chi connectivity index (χ3n) is 2.55. The van der Waals surface area contributed by atoms with E-state index in [-0.39, 0.29) is 18.1 Å². The van der Waals surface area contributed by atoms with E-state index in [9.17, 15) is 23.2 Å². The van der Waals surface area contributed by atoms with E-state index in [1.807, 2.05) is 0 Å². The van der Waals surface area contributed by atoms with Crippen LogP contribution in [0.5, 0.6) is 0 Å². The lowest BCUT2D eigenvalue weighted by molar-refractivity contribution is -0.140. The van der Waals surface area contributed by atoms with Crippen molar-refractivity contribution >= 4 is 17.5 Å². The standard InChI is InChI=1S/C14H14F2O4/c1-9(17)20-7-6-10-2-4-11(5-3-10)12(18)8-13(19)14(15)16/h2-5,14H,6-8H2,1H3. The molecule has 0 N–H and O–H groups in total. The Kier molecular flexibility index (Phi) is 5.96. The van der Waals surface area contributed by atoms with E-state index in [1.165, 1.54) is 19.1 Å². The van der Waals surface area contributed by atoms with E-state index < -0.39 is 24.4 Å². The first-order valence-electron chi connectivity index (χ1n) is 5.96. The molecule has 0 fully saturated rings. The van der Waals surface area contributed by atoms with E-state index >= 15 is 0 Å². The number of ketones is 2. The van der Waals surface area contributed by atoms with Crippen LogP contribution in [-0.2, 0) is 20.7 Å². The minimum Gasteiger partial charge on any atom is -0.466 e. The molecule has 0 amide bonds. The number of benzene rings is 1. The Morgan fingerprint density at radius 2 is 1.75 bits per heavy atom. The van der Waals surface area contributed by atoms with Gasteiger partial charge >= 0.3 is 5.97 Å². The number of hydrogen-bond donors (Lipinski definition) is 0. The molecule has 108 valence electrons. The molecule has 1 aromatic rings. The fraction of sp³-hybridized carbons (Fsp3) is 0.357. The Morgan fingerprint density at radius 1 is 1.15 bits per heavy atom. The molecule has 0 unspecified atom stereocenters. The molecular formula is C14H14F2O4. The summed E-state index contributed by atoms with van der Waals surface area (Å²) in [7, 11) is 0. The minimum absolute atomic E-state index is 0.204. The third-order valence-corrected chi connectivity index (χ3v) is 2.55. The Morgan fingerprint density at radius 3 is 2.25 bits per heavy atom. The minimum atomic E-state index is -3.12. The van der Waals surface area contributed by atoms with Gasteiger partial charge in [0.15, 0.2) is 5.78 Å². The maximum atomic E-state index is 12.0. The summed E-state index contributed by atoms with van der Waals surface area (Å²) in [5, 5.41) is 0. The topological polar surface area (TPSA) is 60.4 Å². The maximum Gasteiger partial charge on any atom is 0.302 e. The molecule has 1 aromatic carbocycles. The summed E-state index contributed by atoms with van der Waals surface area (Å²) in [6.07, 6.45) is -3.43. The normalized spacial score (nSPS) is 10.4. The molecule has 20 heavy (non-hydrogen) atoms. The van der Waals surface area contributed by atoms with E-state index in [0.717, 1.165) is 5.56 Å². The lowest BCUT2D eigenvalue weighted by atomic mass is 10.0. The van der Waals surface area contributed by atoms with Gasteiger partial charge in [0, 0.05) is 18.9 Å². The van der Waals surface area contributed by atoms with Crippen LogP contribution in [0.25, 0.3) is 0 Å². The highest BCUT2D eigenvalue weighted by molar-refractivity contribution is 6.08. The van der Waals surface area contributed by atoms with Crippen molar-refractivity contribution < 1.29 is 27.9 Å². The Labute approximate surface area is 114 Å². The van der Waals surface area contributed by atoms with Crippen molar-refractivity contribution in [1.82, 2.24) is 0 Å². The van der Waals surface area contributed by atoms with Gasteiger partial charge in [0.2, 0.25) is 5.78 Å². The quantitative estimate of drug-likeness (QED) is 0.437. The average molecular weight is 284 g/mol. The SMILES string of the molecule is CC(=O)OCCc1ccc(C(=O)CC(=O)C(F)F)cc1. The Bertz CT molecular complexity index is 494. The van der Waals surface area contributed by atoms with Gasteiger partial charge in [-0.25, -0.2) is 8.78 Å². The number of halogens is 2. The summed E-state index contributed by atoms with van der Waals surface area (Å²) >= 11 is 0. The monoisotopic (exact) mass is 284 g/mol. The van der Waals surface area contributed by atoms with Crippen molar-refractivity contribution in [2.45, 2.75) is 26.2 Å². The largest absolute Gasteiger partial charge is 0.466 e. The van der Waals surface area contributed by atoms with Crippen LogP contribution in [0.15, 0.2) is 24.3 Å². The van der Waals surface area contributed by atoms with Gasteiger partial charge in [-0.05, 0) is 5.56 Å². The van der Waals surface area contributed by atoms with Gasteiger partial charge in [-0.15, -0.1) is 0 Å². The lowest BCUT2D eigenvalue weighted by Crippen LogP contribution is -2.15. The predicted molar refractivity (Wildman–Crippen MR) is 66.7 cm³/mol. The number of carbonyl (C=O) groups is 3. The van der Waals surface area contributed by atoms with E-state index in [2.05, 4.69) is 0 Å². The second kappa shape index (κ2) is 7.47. The van der Waals surface area contributed by atoms with Gasteiger partial charge in [0.1, 0.15) is 0 Å². The number of esters is 1. The smallest absolute Gasteiger partial charge is 0.302 e. The summed E-state index contributed by atoms with van der Waals surface area (Å²) in [4.78, 5) is 32.9. The van der Waals surface area contributed by atoms with Crippen LogP contribution >= 0.6 is 0 Å². The van der Waals surface area contributed by atoms with Crippen molar-refractivity contribution in [3.63, 3.8) is 0 Å². The predicted octanol–water partition coefficient (Wildman–Crippen LogP) is 2.20. The van der Waals surface area contributed by atoms with E-state index in [4.69, 9.17) is 4.74 Å². The van der Waals surface area contributed by atoms with Crippen LogP contribution < -0.4 is 0 Å². The summed E-state index contributed by atoms with van der Waals surface area (Å²) in [5.41, 5.74) is 1.04. The molecular weight excluding hydrogens is 270 g/mol. The maximum absolute atomic E-state index is 12.0. The van der Waals surface area contributed by atoms with Crippen LogP contribution in [0, 0.1) is 0 Å². The molecule has 0 atom stereocenters. The van der Waals surface area contributed by atoms with Crippen LogP contribution in [0.3, 0.4) is 0 Å². The fourth-order valence-electron chi connectivity index (χ4n) is 1.51. The zero-order valence-electron chi connectivity index (χ0n) is 10.9. The summed E-state index contributed by atoms with van der Waals surface area (Å²) < 4.78 is 28.8. The van der Waals surface area contributed by atoms with Crippen molar-refractivity contribution in [2.24, 2.45) is 0 Å². The zero-order chi connectivity index (χ0) is 15.1. The highest BCUT2D eigenvalue weighted by atomic mass is 19.3. The molecule has 0 heterocycles. The second-order valence-corrected chi connectivity index (χ2v) is 4.15. The van der Waals surface area contributed by atoms with E-state index in [0.29, 0.717) is 6.42 Å². The fourth-order valence-corrected chi connectivity index (χ4v) is 1.51. The van der Waals surface area contributed by atoms with Gasteiger partial charge in [0.05, 0.1) is 13.0 Å². The van der Waals surface area contributed by atoms with Crippen LogP contribution in [-0.4, -0.2) is 30.6 Å². The third kappa shape index (κ3) is 5.26. The number of Topliss-reactive ketones (excluding diaryl/α,β-unsaturated/α-hetero) is 2. The molecule has 0 bridgehead atoms. The number of hydrogen-bond acceptors (Lipinski definition) is 4. The Balaban J connectivity index is 2.55. The van der Waals surface area contributed by atoms with Crippen molar-refractivity contribution in [3.05, 3.63) is 35.4 Å². The molecule has 0 saturated carbocycles. The summed E-state index contributed by atoms with van der Waals surface area (Å²) in [6, 6.07) is 6.18. The first-order valence-corrected chi connectivity index (χ1v) is 5.96. The number of alkyl halides is 2. The van der Waals surface area contributed by atoms with Crippen LogP contribution in [0.1, 0.15) is 29.3 Å². The molecule has 0 radical (unpaired) electrons. The molecule has 0 aliphatic heterocycles. The van der Waals surface area contributed by atoms with Crippen molar-refractivity contribution in [1.29, 1.82) is 0 Å². The van der Waals surface area contributed by atoms with Gasteiger partial charge < -0.3 is 4.74 Å². The molecule has 0 aliphatic carbocycles. The molecule has 6 heteroatoms. The van der Waals surface area contributed by atoms with Crippen LogP contribution in [0.2, 0.25) is 0 Å². The molecule has 0 aromatic heterocycles. The summed E-state index contributed by atoms with van der Waals surface area (Å²) in [5.74, 6) is -2.39. The lowest BCUT2D eigenvalue weighted by Gasteiger charge is -2.04. The highest BCUT2D eigenvalue weighted by Gasteiger charge is 2.19. The first-order chi connectivity index (χ1) is 9.40. The van der Waals surface area contributed by atoms with E-state index in [1.54, 1.807) is 12.1 Å². The zero-order valence-corrected chi connectivity index (χ0v) is 10.9. The number of rotatable bonds is 7.